The normalized spacial score (nSPS) is 18.7. The van der Waals surface area contributed by atoms with Crippen LogP contribution in [-0.4, -0.2) is 54.4 Å². The first-order valence-corrected chi connectivity index (χ1v) is 9.30. The summed E-state index contributed by atoms with van der Waals surface area (Å²) < 4.78 is 17.0. The molecule has 0 atom stereocenters. The molecule has 2 aliphatic heterocycles. The molecule has 0 unspecified atom stereocenters. The second kappa shape index (κ2) is 7.46. The van der Waals surface area contributed by atoms with Crippen LogP contribution in [0.3, 0.4) is 0 Å². The largest absolute Gasteiger partial charge is 0.495 e. The Balaban J connectivity index is 1.49. The van der Waals surface area contributed by atoms with Crippen molar-refractivity contribution in [3.63, 3.8) is 0 Å². The average Bonchev–Trinajstić information content (AvgIpc) is 3.13. The Bertz CT molecular complexity index is 819. The Morgan fingerprint density at radius 1 is 1.22 bits per heavy atom. The van der Waals surface area contributed by atoms with Gasteiger partial charge in [0.05, 0.1) is 32.2 Å². The van der Waals surface area contributed by atoms with Crippen molar-refractivity contribution >= 4 is 29.1 Å². The van der Waals surface area contributed by atoms with Gasteiger partial charge >= 0.3 is 0 Å². The quantitative estimate of drug-likeness (QED) is 0.851. The van der Waals surface area contributed by atoms with Gasteiger partial charge in [-0.2, -0.15) is 10.1 Å². The summed E-state index contributed by atoms with van der Waals surface area (Å²) >= 11 is 6.17. The number of hydrogen-bond acceptors (Lipinski definition) is 8. The van der Waals surface area contributed by atoms with Crippen LogP contribution in [0, 0.1) is 6.92 Å². The molecule has 4 rings (SSSR count). The fourth-order valence-corrected chi connectivity index (χ4v) is 3.57. The minimum absolute atomic E-state index is 0.404. The number of aryl methyl sites for hydroxylation is 1. The van der Waals surface area contributed by atoms with Crippen molar-refractivity contribution in [1.82, 2.24) is 15.2 Å². The highest BCUT2D eigenvalue weighted by atomic mass is 35.5. The van der Waals surface area contributed by atoms with Crippen molar-refractivity contribution in [2.45, 2.75) is 25.6 Å². The number of piperidine rings is 1. The minimum Gasteiger partial charge on any atom is -0.495 e. The van der Waals surface area contributed by atoms with Crippen molar-refractivity contribution in [3.05, 3.63) is 28.9 Å². The number of anilines is 3. The summed E-state index contributed by atoms with van der Waals surface area (Å²) in [5, 5.41) is 12.0. The lowest BCUT2D eigenvalue weighted by molar-refractivity contribution is -0.169. The molecule has 3 heterocycles. The Morgan fingerprint density at radius 2 is 1.96 bits per heavy atom. The van der Waals surface area contributed by atoms with E-state index in [4.69, 9.17) is 25.8 Å². The van der Waals surface area contributed by atoms with Gasteiger partial charge in [-0.1, -0.05) is 11.6 Å². The smallest absolute Gasteiger partial charge is 0.249 e. The maximum Gasteiger partial charge on any atom is 0.249 e. The molecule has 2 aliphatic rings. The zero-order chi connectivity index (χ0) is 18.9. The van der Waals surface area contributed by atoms with Crippen LogP contribution in [0.5, 0.6) is 5.75 Å². The zero-order valence-electron chi connectivity index (χ0n) is 15.4. The molecular formula is C18H22ClN5O3. The van der Waals surface area contributed by atoms with Gasteiger partial charge in [-0.15, -0.1) is 5.10 Å². The number of methoxy groups -OCH3 is 1. The van der Waals surface area contributed by atoms with Crippen LogP contribution in [-0.2, 0) is 9.47 Å². The van der Waals surface area contributed by atoms with Gasteiger partial charge in [0.2, 0.25) is 5.95 Å². The van der Waals surface area contributed by atoms with Crippen molar-refractivity contribution in [2.75, 3.05) is 43.6 Å². The number of nitrogens with one attached hydrogen (secondary N) is 1. The van der Waals surface area contributed by atoms with Crippen LogP contribution in [0.1, 0.15) is 18.4 Å². The lowest BCUT2D eigenvalue weighted by atomic mass is 10.0. The second-order valence-corrected chi connectivity index (χ2v) is 7.07. The van der Waals surface area contributed by atoms with Gasteiger partial charge in [0.15, 0.2) is 11.6 Å². The first kappa shape index (κ1) is 18.2. The summed E-state index contributed by atoms with van der Waals surface area (Å²) in [5.41, 5.74) is 1.67. The van der Waals surface area contributed by atoms with E-state index in [1.807, 2.05) is 13.0 Å². The van der Waals surface area contributed by atoms with E-state index in [1.54, 1.807) is 19.4 Å². The second-order valence-electron chi connectivity index (χ2n) is 6.66. The van der Waals surface area contributed by atoms with E-state index >= 15 is 0 Å². The van der Waals surface area contributed by atoms with Crippen LogP contribution in [0.4, 0.5) is 17.5 Å². The first-order chi connectivity index (χ1) is 13.1. The number of nitrogens with zero attached hydrogens (tertiary/aromatic N) is 4. The maximum absolute atomic E-state index is 6.17. The molecule has 27 heavy (non-hydrogen) atoms. The summed E-state index contributed by atoms with van der Waals surface area (Å²) in [6.07, 6.45) is 3.29. The molecule has 1 aromatic carbocycles. The molecule has 0 radical (unpaired) electrons. The Kier molecular flexibility index (Phi) is 5.03. The van der Waals surface area contributed by atoms with E-state index in [1.165, 1.54) is 0 Å². The monoisotopic (exact) mass is 391 g/mol. The summed E-state index contributed by atoms with van der Waals surface area (Å²) in [6, 6.07) is 3.67. The van der Waals surface area contributed by atoms with E-state index in [0.29, 0.717) is 29.9 Å². The number of benzene rings is 1. The van der Waals surface area contributed by atoms with Crippen molar-refractivity contribution in [3.8, 4) is 5.75 Å². The van der Waals surface area contributed by atoms with Crippen LogP contribution >= 0.6 is 11.6 Å². The van der Waals surface area contributed by atoms with Crippen LogP contribution in [0.15, 0.2) is 18.3 Å². The van der Waals surface area contributed by atoms with Crippen LogP contribution in [0.2, 0.25) is 5.02 Å². The first-order valence-electron chi connectivity index (χ1n) is 8.92. The number of aromatic nitrogens is 3. The summed E-state index contributed by atoms with van der Waals surface area (Å²) in [5.74, 6) is 1.38. The average molecular weight is 392 g/mol. The Morgan fingerprint density at radius 3 is 2.67 bits per heavy atom. The van der Waals surface area contributed by atoms with Crippen molar-refractivity contribution in [2.24, 2.45) is 0 Å². The minimum atomic E-state index is -0.410. The summed E-state index contributed by atoms with van der Waals surface area (Å²) in [7, 11) is 1.60. The Hall–Kier alpha value is -2.16. The number of hydrogen-bond donors (Lipinski definition) is 1. The molecule has 0 saturated carbocycles. The van der Waals surface area contributed by atoms with Gasteiger partial charge in [0.1, 0.15) is 5.75 Å². The van der Waals surface area contributed by atoms with E-state index in [2.05, 4.69) is 25.4 Å². The van der Waals surface area contributed by atoms with Gasteiger partial charge in [0, 0.05) is 37.0 Å². The fraction of sp³-hybridized carbons (Fsp3) is 0.500. The maximum atomic E-state index is 6.17. The fourth-order valence-electron chi connectivity index (χ4n) is 3.41. The molecule has 2 saturated heterocycles. The lowest BCUT2D eigenvalue weighted by Crippen LogP contribution is -2.45. The van der Waals surface area contributed by atoms with E-state index in [-0.39, 0.29) is 0 Å². The van der Waals surface area contributed by atoms with Crippen LogP contribution in [0.25, 0.3) is 0 Å². The van der Waals surface area contributed by atoms with Crippen LogP contribution < -0.4 is 15.0 Å². The molecule has 1 spiro atoms. The third kappa shape index (κ3) is 3.78. The molecule has 0 aliphatic carbocycles. The van der Waals surface area contributed by atoms with Gasteiger partial charge in [-0.25, -0.2) is 0 Å². The molecule has 9 heteroatoms. The molecule has 2 fully saturated rings. The lowest BCUT2D eigenvalue weighted by Gasteiger charge is -2.37. The SMILES string of the molecule is COc1cc(Cl)c(C)cc1Nc1nncc(N2CCC3(CC2)OCCO3)n1. The highest BCUT2D eigenvalue weighted by molar-refractivity contribution is 6.31. The number of ether oxygens (including phenoxy) is 3. The molecule has 1 aromatic heterocycles. The van der Waals surface area contributed by atoms with Gasteiger partial charge in [-0.3, -0.25) is 0 Å². The Labute approximate surface area is 162 Å². The molecule has 0 amide bonds. The predicted molar refractivity (Wildman–Crippen MR) is 102 cm³/mol. The molecule has 2 aromatic rings. The third-order valence-corrected chi connectivity index (χ3v) is 5.34. The summed E-state index contributed by atoms with van der Waals surface area (Å²) in [4.78, 5) is 6.77. The zero-order valence-corrected chi connectivity index (χ0v) is 16.1. The molecule has 0 bridgehead atoms. The van der Waals surface area contributed by atoms with E-state index in [0.717, 1.165) is 43.0 Å². The van der Waals surface area contributed by atoms with Crippen molar-refractivity contribution in [1.29, 1.82) is 0 Å². The molecule has 1 N–H and O–H groups in total. The van der Waals surface area contributed by atoms with E-state index in [9.17, 15) is 0 Å². The van der Waals surface area contributed by atoms with Crippen molar-refractivity contribution < 1.29 is 14.2 Å². The third-order valence-electron chi connectivity index (χ3n) is 4.94. The highest BCUT2D eigenvalue weighted by Crippen LogP contribution is 2.34. The van der Waals surface area contributed by atoms with Gasteiger partial charge in [-0.05, 0) is 18.6 Å². The summed E-state index contributed by atoms with van der Waals surface area (Å²) in [6.45, 7) is 4.86. The standard InChI is InChI=1S/C18H22ClN5O3/c1-12-9-14(15(25-2)10-13(12)19)21-17-22-16(11-20-23-17)24-5-3-18(4-6-24)26-7-8-27-18/h9-11H,3-8H2,1-2H3,(H,21,22,23). The molecule has 8 nitrogen and oxygen atoms in total. The molecule has 144 valence electrons. The number of halogens is 1. The van der Waals surface area contributed by atoms with E-state index < -0.39 is 5.79 Å². The van der Waals surface area contributed by atoms with Gasteiger partial charge < -0.3 is 24.4 Å². The van der Waals surface area contributed by atoms with Gasteiger partial charge in [0.25, 0.3) is 0 Å². The molecular weight excluding hydrogens is 370 g/mol. The highest BCUT2D eigenvalue weighted by Gasteiger charge is 2.40. The number of rotatable bonds is 4. The topological polar surface area (TPSA) is 81.6 Å². The predicted octanol–water partition coefficient (Wildman–Crippen LogP) is 2.93.